The highest BCUT2D eigenvalue weighted by Crippen LogP contribution is 2.23. The minimum atomic E-state index is -0.377. The van der Waals surface area contributed by atoms with Gasteiger partial charge in [0.15, 0.2) is 5.78 Å². The predicted octanol–water partition coefficient (Wildman–Crippen LogP) is 3.49. The number of ketones is 1. The number of nitrogens with one attached hydrogen (secondary N) is 2. The van der Waals surface area contributed by atoms with E-state index in [1.54, 1.807) is 6.07 Å². The summed E-state index contributed by atoms with van der Waals surface area (Å²) in [6.45, 7) is 6.44. The highest BCUT2D eigenvalue weighted by molar-refractivity contribution is 5.99. The molecule has 0 saturated carbocycles. The van der Waals surface area contributed by atoms with Gasteiger partial charge in [-0.25, -0.2) is 5.84 Å². The second-order valence-corrected chi connectivity index (χ2v) is 7.51. The van der Waals surface area contributed by atoms with Crippen LogP contribution in [-0.4, -0.2) is 16.7 Å². The largest absolute Gasteiger partial charge is 0.350 e. The smallest absolute Gasteiger partial charge is 0.281 e. The number of hydrazine groups is 1. The van der Waals surface area contributed by atoms with Gasteiger partial charge in [-0.1, -0.05) is 51.1 Å². The summed E-state index contributed by atoms with van der Waals surface area (Å²) in [6, 6.07) is 15.2. The summed E-state index contributed by atoms with van der Waals surface area (Å²) in [6.07, 6.45) is 0.314. The molecule has 3 aromatic rings. The van der Waals surface area contributed by atoms with E-state index in [-0.39, 0.29) is 17.1 Å². The highest BCUT2D eigenvalue weighted by atomic mass is 16.2. The van der Waals surface area contributed by atoms with Gasteiger partial charge in [0.25, 0.3) is 5.91 Å². The average molecular weight is 349 g/mol. The summed E-state index contributed by atoms with van der Waals surface area (Å²) in [7, 11) is 0. The number of benzene rings is 2. The summed E-state index contributed by atoms with van der Waals surface area (Å²) in [5.41, 5.74) is 6.20. The van der Waals surface area contributed by atoms with Crippen molar-refractivity contribution in [2.45, 2.75) is 32.6 Å². The maximum atomic E-state index is 12.6. The Kier molecular flexibility index (Phi) is 4.66. The molecule has 0 bridgehead atoms. The van der Waals surface area contributed by atoms with Crippen molar-refractivity contribution in [3.63, 3.8) is 0 Å². The van der Waals surface area contributed by atoms with Gasteiger partial charge in [0.1, 0.15) is 5.69 Å². The monoisotopic (exact) mass is 349 g/mol. The Balaban J connectivity index is 1.79. The van der Waals surface area contributed by atoms with Crippen molar-refractivity contribution in [1.29, 1.82) is 0 Å². The fourth-order valence-electron chi connectivity index (χ4n) is 2.94. The van der Waals surface area contributed by atoms with Crippen molar-refractivity contribution < 1.29 is 9.59 Å². The van der Waals surface area contributed by atoms with Crippen LogP contribution < -0.4 is 11.3 Å². The molecule has 0 spiro atoms. The molecule has 1 aromatic heterocycles. The fraction of sp³-hybridized carbons (Fsp3) is 0.238. The number of fused-ring (bicyclic) bond motifs is 1. The molecule has 0 saturated heterocycles. The zero-order valence-corrected chi connectivity index (χ0v) is 15.2. The maximum absolute atomic E-state index is 12.6. The summed E-state index contributed by atoms with van der Waals surface area (Å²) in [5, 5.41) is 0.872. The SMILES string of the molecule is CC(C)(C)c1ccc(C(=O)Cc2ccc3[nH]c(C(=O)NN)cc3c2)cc1. The molecule has 0 aliphatic carbocycles. The van der Waals surface area contributed by atoms with Gasteiger partial charge in [-0.15, -0.1) is 0 Å². The first-order valence-electron chi connectivity index (χ1n) is 8.54. The van der Waals surface area contributed by atoms with Crippen LogP contribution in [0.4, 0.5) is 0 Å². The molecule has 0 aliphatic heterocycles. The Morgan fingerprint density at radius 2 is 1.73 bits per heavy atom. The molecule has 5 nitrogen and oxygen atoms in total. The first kappa shape index (κ1) is 17.9. The Bertz CT molecular complexity index is 963. The van der Waals surface area contributed by atoms with Gasteiger partial charge < -0.3 is 4.98 Å². The zero-order valence-electron chi connectivity index (χ0n) is 15.2. The summed E-state index contributed by atoms with van der Waals surface area (Å²) < 4.78 is 0. The van der Waals surface area contributed by atoms with E-state index in [9.17, 15) is 9.59 Å². The van der Waals surface area contributed by atoms with E-state index in [0.29, 0.717) is 17.7 Å². The molecule has 26 heavy (non-hydrogen) atoms. The minimum absolute atomic E-state index is 0.0639. The number of aromatic amines is 1. The van der Waals surface area contributed by atoms with E-state index in [1.165, 1.54) is 5.56 Å². The molecule has 1 amide bonds. The van der Waals surface area contributed by atoms with Gasteiger partial charge in [0.05, 0.1) is 0 Å². The van der Waals surface area contributed by atoms with Gasteiger partial charge in [-0.3, -0.25) is 15.0 Å². The number of nitrogens with two attached hydrogens (primary N) is 1. The minimum Gasteiger partial charge on any atom is -0.350 e. The maximum Gasteiger partial charge on any atom is 0.281 e. The van der Waals surface area contributed by atoms with Crippen LogP contribution in [0.3, 0.4) is 0 Å². The number of carbonyl (C=O) groups is 2. The van der Waals surface area contributed by atoms with Crippen molar-refractivity contribution >= 4 is 22.6 Å². The van der Waals surface area contributed by atoms with Crippen molar-refractivity contribution in [3.8, 4) is 0 Å². The van der Waals surface area contributed by atoms with Crippen molar-refractivity contribution in [2.24, 2.45) is 5.84 Å². The number of aromatic nitrogens is 1. The van der Waals surface area contributed by atoms with Gasteiger partial charge in [0, 0.05) is 22.9 Å². The summed E-state index contributed by atoms with van der Waals surface area (Å²) in [4.78, 5) is 27.2. The van der Waals surface area contributed by atoms with E-state index in [2.05, 4.69) is 31.2 Å². The normalized spacial score (nSPS) is 11.5. The van der Waals surface area contributed by atoms with Crippen LogP contribution in [-0.2, 0) is 11.8 Å². The van der Waals surface area contributed by atoms with Crippen molar-refractivity contribution in [2.75, 3.05) is 0 Å². The molecule has 2 aromatic carbocycles. The van der Waals surface area contributed by atoms with Crippen LogP contribution >= 0.6 is 0 Å². The average Bonchev–Trinajstić information content (AvgIpc) is 3.03. The number of amides is 1. The molecule has 0 atom stereocenters. The third-order valence-corrected chi connectivity index (χ3v) is 4.50. The molecule has 3 rings (SSSR count). The summed E-state index contributed by atoms with van der Waals surface area (Å²) >= 11 is 0. The molecule has 4 N–H and O–H groups in total. The van der Waals surface area contributed by atoms with Crippen LogP contribution in [0.2, 0.25) is 0 Å². The number of H-pyrrole nitrogens is 1. The summed E-state index contributed by atoms with van der Waals surface area (Å²) in [5.74, 6) is 4.85. The predicted molar refractivity (Wildman–Crippen MR) is 103 cm³/mol. The first-order valence-corrected chi connectivity index (χ1v) is 8.54. The lowest BCUT2D eigenvalue weighted by molar-refractivity contribution is 0.0948. The van der Waals surface area contributed by atoms with Crippen LogP contribution in [0.25, 0.3) is 10.9 Å². The molecule has 0 aliphatic rings. The third kappa shape index (κ3) is 3.68. The topological polar surface area (TPSA) is 88.0 Å². The van der Waals surface area contributed by atoms with Crippen LogP contribution in [0.1, 0.15) is 52.7 Å². The molecular formula is C21H23N3O2. The van der Waals surface area contributed by atoms with Gasteiger partial charge in [-0.05, 0) is 34.7 Å². The Hall–Kier alpha value is -2.92. The van der Waals surface area contributed by atoms with Gasteiger partial charge >= 0.3 is 0 Å². The number of nitrogen functional groups attached to an aromatic ring is 1. The van der Waals surface area contributed by atoms with Gasteiger partial charge in [0.2, 0.25) is 0 Å². The Morgan fingerprint density at radius 1 is 1.04 bits per heavy atom. The molecule has 1 heterocycles. The second kappa shape index (κ2) is 6.77. The van der Waals surface area contributed by atoms with E-state index >= 15 is 0 Å². The molecule has 134 valence electrons. The van der Waals surface area contributed by atoms with Crippen LogP contribution in [0.15, 0.2) is 48.5 Å². The second-order valence-electron chi connectivity index (χ2n) is 7.51. The number of hydrogen-bond acceptors (Lipinski definition) is 3. The quantitative estimate of drug-likeness (QED) is 0.291. The van der Waals surface area contributed by atoms with Crippen molar-refractivity contribution in [1.82, 2.24) is 10.4 Å². The van der Waals surface area contributed by atoms with Crippen LogP contribution in [0.5, 0.6) is 0 Å². The molecule has 0 radical (unpaired) electrons. The lowest BCUT2D eigenvalue weighted by Crippen LogP contribution is -2.30. The zero-order chi connectivity index (χ0) is 18.9. The Morgan fingerprint density at radius 3 is 2.35 bits per heavy atom. The van der Waals surface area contributed by atoms with Gasteiger partial charge in [-0.2, -0.15) is 0 Å². The molecular weight excluding hydrogens is 326 g/mol. The first-order chi connectivity index (χ1) is 12.3. The number of hydrogen-bond donors (Lipinski definition) is 3. The molecule has 5 heteroatoms. The lowest BCUT2D eigenvalue weighted by atomic mass is 9.86. The standard InChI is InChI=1S/C21H23N3O2/c1-21(2,3)16-7-5-14(6-8-16)19(25)11-13-4-9-17-15(10-13)12-18(23-17)20(26)24-22/h4-10,12,23H,11,22H2,1-3H3,(H,24,26). The van der Waals surface area contributed by atoms with E-state index in [1.807, 2.05) is 42.5 Å². The van der Waals surface area contributed by atoms with E-state index in [0.717, 1.165) is 16.5 Å². The highest BCUT2D eigenvalue weighted by Gasteiger charge is 2.15. The third-order valence-electron chi connectivity index (χ3n) is 4.50. The number of rotatable bonds is 4. The van der Waals surface area contributed by atoms with Crippen molar-refractivity contribution in [3.05, 3.63) is 70.9 Å². The lowest BCUT2D eigenvalue weighted by Gasteiger charge is -2.19. The van der Waals surface area contributed by atoms with Crippen LogP contribution in [0, 0.1) is 0 Å². The number of carbonyl (C=O) groups excluding carboxylic acids is 2. The van der Waals surface area contributed by atoms with E-state index < -0.39 is 0 Å². The molecule has 0 fully saturated rings. The molecule has 0 unspecified atom stereocenters. The Labute approximate surface area is 152 Å². The van der Waals surface area contributed by atoms with E-state index in [4.69, 9.17) is 5.84 Å². The number of Topliss-reactive ketones (excluding diaryl/α,β-unsaturated/α-hetero) is 1. The fourth-order valence-corrected chi connectivity index (χ4v) is 2.94.